The Balaban J connectivity index is 1.72. The molecule has 5 nitrogen and oxygen atoms in total. The second kappa shape index (κ2) is 4.46. The predicted molar refractivity (Wildman–Crippen MR) is 80.2 cm³/mol. The third-order valence-electron chi connectivity index (χ3n) is 3.33. The van der Waals surface area contributed by atoms with Gasteiger partial charge in [0.1, 0.15) is 16.2 Å². The van der Waals surface area contributed by atoms with Crippen LogP contribution in [0.15, 0.2) is 39.9 Å². The first-order valence-corrected chi connectivity index (χ1v) is 7.93. The van der Waals surface area contributed by atoms with Gasteiger partial charge >= 0.3 is 0 Å². The van der Waals surface area contributed by atoms with E-state index in [1.165, 1.54) is 10.6 Å². The number of benzene rings is 1. The molecule has 0 radical (unpaired) electrons. The minimum absolute atomic E-state index is 0.222. The van der Waals surface area contributed by atoms with Gasteiger partial charge in [-0.1, -0.05) is 23.9 Å². The number of aryl methyl sites for hydroxylation is 1. The zero-order valence-electron chi connectivity index (χ0n) is 11.0. The van der Waals surface area contributed by atoms with Gasteiger partial charge in [-0.25, -0.2) is 4.68 Å². The zero-order chi connectivity index (χ0) is 13.7. The van der Waals surface area contributed by atoms with E-state index in [0.29, 0.717) is 0 Å². The van der Waals surface area contributed by atoms with Crippen molar-refractivity contribution < 1.29 is 4.74 Å². The molecule has 7 heteroatoms. The number of methoxy groups -OCH3 is 1. The normalized spacial score (nSPS) is 19.8. The van der Waals surface area contributed by atoms with Gasteiger partial charge in [0.15, 0.2) is 5.82 Å². The number of hydrogen-bond donors (Lipinski definition) is 0. The lowest BCUT2D eigenvalue weighted by Gasteiger charge is -2.25. The quantitative estimate of drug-likeness (QED) is 0.850. The van der Waals surface area contributed by atoms with Crippen LogP contribution in [0, 0.1) is 6.92 Å². The van der Waals surface area contributed by atoms with E-state index in [4.69, 9.17) is 4.74 Å². The highest BCUT2D eigenvalue weighted by Gasteiger charge is 2.38. The second-order valence-electron chi connectivity index (χ2n) is 4.51. The first-order valence-electron chi connectivity index (χ1n) is 6.17. The van der Waals surface area contributed by atoms with Crippen LogP contribution in [0.2, 0.25) is 0 Å². The minimum atomic E-state index is 0.222. The van der Waals surface area contributed by atoms with Gasteiger partial charge in [0.2, 0.25) is 5.16 Å². The molecule has 1 aromatic carbocycles. The molecule has 1 atom stereocenters. The molecule has 0 unspecified atom stereocenters. The molecule has 0 saturated carbocycles. The van der Waals surface area contributed by atoms with Gasteiger partial charge in [-0.05, 0) is 36.4 Å². The molecule has 1 aromatic heterocycles. The van der Waals surface area contributed by atoms with Crippen molar-refractivity contribution in [2.75, 3.05) is 12.1 Å². The molecule has 0 spiro atoms. The van der Waals surface area contributed by atoms with Crippen LogP contribution < -0.4 is 9.75 Å². The van der Waals surface area contributed by atoms with E-state index in [2.05, 4.69) is 37.4 Å². The van der Waals surface area contributed by atoms with Crippen molar-refractivity contribution >= 4 is 23.5 Å². The molecule has 0 fully saturated rings. The Bertz CT molecular complexity index is 695. The number of rotatable bonds is 2. The summed E-state index contributed by atoms with van der Waals surface area (Å²) in [4.78, 5) is 0. The largest absolute Gasteiger partial charge is 0.497 e. The van der Waals surface area contributed by atoms with Crippen LogP contribution in [0.25, 0.3) is 0 Å². The molecule has 20 heavy (non-hydrogen) atoms. The SMILES string of the molecule is COc1ccc([C@@H]2SC=C3Sc4nnc(C)n4N32)cc1. The van der Waals surface area contributed by atoms with Crippen molar-refractivity contribution in [3.8, 4) is 5.75 Å². The van der Waals surface area contributed by atoms with E-state index in [-0.39, 0.29) is 5.37 Å². The average Bonchev–Trinajstić information content (AvgIpc) is 3.12. The van der Waals surface area contributed by atoms with E-state index in [0.717, 1.165) is 16.7 Å². The number of aromatic nitrogens is 3. The molecular formula is C13H12N4OS2. The first-order chi connectivity index (χ1) is 9.78. The van der Waals surface area contributed by atoms with Crippen LogP contribution >= 0.6 is 23.5 Å². The summed E-state index contributed by atoms with van der Waals surface area (Å²) < 4.78 is 7.31. The van der Waals surface area contributed by atoms with Crippen LogP contribution in [0.4, 0.5) is 0 Å². The molecule has 4 rings (SSSR count). The first kappa shape index (κ1) is 12.2. The summed E-state index contributed by atoms with van der Waals surface area (Å²) in [6.45, 7) is 1.98. The summed E-state index contributed by atoms with van der Waals surface area (Å²) in [5, 5.41) is 15.2. The molecule has 2 aromatic rings. The van der Waals surface area contributed by atoms with E-state index < -0.39 is 0 Å². The van der Waals surface area contributed by atoms with Gasteiger partial charge in [0.05, 0.1) is 7.11 Å². The molecule has 0 aliphatic carbocycles. The van der Waals surface area contributed by atoms with Crippen LogP contribution in [0.1, 0.15) is 16.8 Å². The van der Waals surface area contributed by atoms with Gasteiger partial charge in [-0.3, -0.25) is 5.01 Å². The lowest BCUT2D eigenvalue weighted by Crippen LogP contribution is -2.29. The Morgan fingerprint density at radius 3 is 2.75 bits per heavy atom. The molecule has 0 saturated heterocycles. The molecule has 0 N–H and O–H groups in total. The fourth-order valence-electron chi connectivity index (χ4n) is 2.36. The summed E-state index contributed by atoms with van der Waals surface area (Å²) in [5.41, 5.74) is 1.24. The smallest absolute Gasteiger partial charge is 0.216 e. The van der Waals surface area contributed by atoms with Gasteiger partial charge in [0, 0.05) is 5.41 Å². The molecule has 0 amide bonds. The van der Waals surface area contributed by atoms with Crippen molar-refractivity contribution in [1.82, 2.24) is 14.9 Å². The number of fused-ring (bicyclic) bond motifs is 3. The molecule has 2 aliphatic rings. The monoisotopic (exact) mass is 304 g/mol. The Morgan fingerprint density at radius 1 is 1.20 bits per heavy atom. The lowest BCUT2D eigenvalue weighted by atomic mass is 10.2. The number of ether oxygens (including phenoxy) is 1. The van der Waals surface area contributed by atoms with E-state index in [1.807, 2.05) is 19.1 Å². The third kappa shape index (κ3) is 1.66. The highest BCUT2D eigenvalue weighted by atomic mass is 32.2. The molecule has 3 heterocycles. The van der Waals surface area contributed by atoms with Gasteiger partial charge < -0.3 is 4.74 Å². The Labute approximate surface area is 125 Å². The van der Waals surface area contributed by atoms with Gasteiger partial charge in [-0.2, -0.15) is 0 Å². The topological polar surface area (TPSA) is 43.2 Å². The minimum Gasteiger partial charge on any atom is -0.497 e. The van der Waals surface area contributed by atoms with Crippen LogP contribution in [0.5, 0.6) is 5.75 Å². The summed E-state index contributed by atoms with van der Waals surface area (Å²) in [6, 6.07) is 8.21. The summed E-state index contributed by atoms with van der Waals surface area (Å²) >= 11 is 3.47. The van der Waals surface area contributed by atoms with Crippen LogP contribution in [-0.2, 0) is 0 Å². The predicted octanol–water partition coefficient (Wildman–Crippen LogP) is 2.88. The van der Waals surface area contributed by atoms with Crippen molar-refractivity contribution in [2.45, 2.75) is 17.5 Å². The van der Waals surface area contributed by atoms with Crippen molar-refractivity contribution in [2.24, 2.45) is 0 Å². The Morgan fingerprint density at radius 2 is 2.00 bits per heavy atom. The fraction of sp³-hybridized carbons (Fsp3) is 0.231. The maximum Gasteiger partial charge on any atom is 0.216 e. The van der Waals surface area contributed by atoms with Crippen molar-refractivity contribution in [1.29, 1.82) is 0 Å². The highest BCUT2D eigenvalue weighted by Crippen LogP contribution is 2.51. The standard InChI is InChI=1S/C13H12N4OS2/c1-8-14-15-13-16(8)17-11(20-13)7-19-12(17)9-3-5-10(18-2)6-4-9/h3-7,12H,1-2H3/t12-/m0/s1. The van der Waals surface area contributed by atoms with Crippen molar-refractivity contribution in [3.63, 3.8) is 0 Å². The lowest BCUT2D eigenvalue weighted by molar-refractivity contribution is 0.414. The third-order valence-corrected chi connectivity index (χ3v) is 5.52. The zero-order valence-corrected chi connectivity index (χ0v) is 12.6. The Kier molecular flexibility index (Phi) is 2.71. The van der Waals surface area contributed by atoms with Crippen LogP contribution in [0.3, 0.4) is 0 Å². The molecular weight excluding hydrogens is 292 g/mol. The maximum absolute atomic E-state index is 5.22. The summed E-state index contributed by atoms with van der Waals surface area (Å²) in [6.07, 6.45) is 0. The van der Waals surface area contributed by atoms with Gasteiger partial charge in [0.25, 0.3) is 0 Å². The number of nitrogens with zero attached hydrogens (tertiary/aromatic N) is 4. The summed E-state index contributed by atoms with van der Waals surface area (Å²) in [5.74, 6) is 1.79. The summed E-state index contributed by atoms with van der Waals surface area (Å²) in [7, 11) is 1.68. The fourth-order valence-corrected chi connectivity index (χ4v) is 4.63. The maximum atomic E-state index is 5.22. The molecule has 0 bridgehead atoms. The van der Waals surface area contributed by atoms with E-state index in [1.54, 1.807) is 30.6 Å². The molecule has 102 valence electrons. The second-order valence-corrected chi connectivity index (χ2v) is 6.45. The van der Waals surface area contributed by atoms with Crippen molar-refractivity contribution in [3.05, 3.63) is 46.1 Å². The Hall–Kier alpha value is -1.60. The highest BCUT2D eigenvalue weighted by molar-refractivity contribution is 8.07. The van der Waals surface area contributed by atoms with Gasteiger partial charge in [-0.15, -0.1) is 10.2 Å². The number of hydrogen-bond acceptors (Lipinski definition) is 6. The van der Waals surface area contributed by atoms with Crippen LogP contribution in [-0.4, -0.2) is 22.0 Å². The number of thioether (sulfide) groups is 2. The molecule has 2 aliphatic heterocycles. The van der Waals surface area contributed by atoms with E-state index in [9.17, 15) is 0 Å². The average molecular weight is 304 g/mol. The van der Waals surface area contributed by atoms with E-state index >= 15 is 0 Å².